The standard InChI is InChI=1S/C46H81O11P/c1-3-4-5-6-7-8-9-10-11-12-15-19-22-25-28-31-34-37-46(51)57-44(41-56-58(52,53)55-39-43(49)38-47)40-54-45(50)36-33-30-27-24-21-18-16-13-14-17-20-23-26-29-32-35-42(2)48/h10-11,14,16-18,23-24,26-27,42-44,47-49H,3-9,12-13,15,19-22,25,28-41H2,1-2H3,(H,52,53)/b11-10-,17-14-,18-16-,26-23-,27-24-/t42-,43+,44-/m1/s1. The second-order valence-corrected chi connectivity index (χ2v) is 16.5. The lowest BCUT2D eigenvalue weighted by Crippen LogP contribution is -2.29. The second-order valence-electron chi connectivity index (χ2n) is 15.0. The van der Waals surface area contributed by atoms with Gasteiger partial charge in [-0.3, -0.25) is 18.6 Å². The largest absolute Gasteiger partial charge is 0.472 e. The van der Waals surface area contributed by atoms with Gasteiger partial charge in [-0.2, -0.15) is 0 Å². The topological polar surface area (TPSA) is 169 Å². The third-order valence-electron chi connectivity index (χ3n) is 9.16. The second kappa shape index (κ2) is 41.4. The minimum absolute atomic E-state index is 0.151. The highest BCUT2D eigenvalue weighted by molar-refractivity contribution is 7.47. The van der Waals surface area contributed by atoms with Gasteiger partial charge in [-0.15, -0.1) is 0 Å². The first-order chi connectivity index (χ1) is 28.1. The maximum absolute atomic E-state index is 12.6. The van der Waals surface area contributed by atoms with Gasteiger partial charge in [0.1, 0.15) is 12.7 Å². The maximum Gasteiger partial charge on any atom is 0.472 e. The molecule has 0 bridgehead atoms. The quantitative estimate of drug-likeness (QED) is 0.0200. The van der Waals surface area contributed by atoms with Crippen LogP contribution in [0.3, 0.4) is 0 Å². The van der Waals surface area contributed by atoms with Crippen LogP contribution in [0.1, 0.15) is 174 Å². The number of allylic oxidation sites excluding steroid dienone is 10. The molecule has 336 valence electrons. The van der Waals surface area contributed by atoms with Gasteiger partial charge in [0.2, 0.25) is 0 Å². The van der Waals surface area contributed by atoms with Crippen LogP contribution in [-0.2, 0) is 32.7 Å². The number of esters is 2. The molecule has 0 aromatic rings. The first-order valence-electron chi connectivity index (χ1n) is 22.3. The van der Waals surface area contributed by atoms with Crippen molar-refractivity contribution < 1.29 is 52.9 Å². The van der Waals surface area contributed by atoms with Gasteiger partial charge in [-0.1, -0.05) is 132 Å². The zero-order valence-corrected chi connectivity index (χ0v) is 37.0. The average molecular weight is 841 g/mol. The van der Waals surface area contributed by atoms with Crippen LogP contribution in [0.4, 0.5) is 0 Å². The van der Waals surface area contributed by atoms with Gasteiger partial charge in [-0.05, 0) is 90.4 Å². The number of rotatable bonds is 41. The molecule has 0 aliphatic carbocycles. The van der Waals surface area contributed by atoms with E-state index in [1.54, 1.807) is 0 Å². The van der Waals surface area contributed by atoms with Crippen LogP contribution >= 0.6 is 7.82 Å². The molecule has 11 nitrogen and oxygen atoms in total. The van der Waals surface area contributed by atoms with Gasteiger partial charge in [0, 0.05) is 12.8 Å². The lowest BCUT2D eigenvalue weighted by molar-refractivity contribution is -0.161. The van der Waals surface area contributed by atoms with Crippen molar-refractivity contribution in [3.05, 3.63) is 60.8 Å². The zero-order valence-electron chi connectivity index (χ0n) is 36.1. The van der Waals surface area contributed by atoms with E-state index in [2.05, 4.69) is 60.1 Å². The zero-order chi connectivity index (χ0) is 42.8. The molecule has 0 aliphatic heterocycles. The van der Waals surface area contributed by atoms with Crippen LogP contribution in [0.15, 0.2) is 60.8 Å². The number of phosphoric ester groups is 1. The summed E-state index contributed by atoms with van der Waals surface area (Å²) in [6, 6.07) is 0. The Bertz CT molecular complexity index is 1160. The normalized spacial score (nSPS) is 14.9. The summed E-state index contributed by atoms with van der Waals surface area (Å²) >= 11 is 0. The lowest BCUT2D eigenvalue weighted by atomic mass is 10.1. The van der Waals surface area contributed by atoms with Crippen molar-refractivity contribution in [2.75, 3.05) is 26.4 Å². The fraction of sp³-hybridized carbons (Fsp3) is 0.739. The molecular weight excluding hydrogens is 759 g/mol. The minimum Gasteiger partial charge on any atom is -0.462 e. The van der Waals surface area contributed by atoms with E-state index < -0.39 is 51.8 Å². The molecule has 0 saturated heterocycles. The van der Waals surface area contributed by atoms with E-state index in [0.29, 0.717) is 19.3 Å². The third kappa shape index (κ3) is 41.8. The first kappa shape index (κ1) is 55.6. The number of hydrogen-bond donors (Lipinski definition) is 4. The van der Waals surface area contributed by atoms with Gasteiger partial charge in [-0.25, -0.2) is 4.57 Å². The van der Waals surface area contributed by atoms with Gasteiger partial charge in [0.05, 0.1) is 25.9 Å². The van der Waals surface area contributed by atoms with Crippen molar-refractivity contribution in [3.8, 4) is 0 Å². The minimum atomic E-state index is -4.64. The van der Waals surface area contributed by atoms with Crippen molar-refractivity contribution >= 4 is 19.8 Å². The predicted octanol–water partition coefficient (Wildman–Crippen LogP) is 10.9. The number of phosphoric acid groups is 1. The summed E-state index contributed by atoms with van der Waals surface area (Å²) in [6.45, 7) is 1.85. The highest BCUT2D eigenvalue weighted by atomic mass is 31.2. The van der Waals surface area contributed by atoms with Crippen molar-refractivity contribution in [2.24, 2.45) is 0 Å². The Balaban J connectivity index is 4.38. The Hall–Kier alpha value is -2.37. The molecule has 12 heteroatoms. The molecule has 0 radical (unpaired) electrons. The third-order valence-corrected chi connectivity index (χ3v) is 10.1. The van der Waals surface area contributed by atoms with E-state index >= 15 is 0 Å². The lowest BCUT2D eigenvalue weighted by Gasteiger charge is -2.20. The summed E-state index contributed by atoms with van der Waals surface area (Å²) in [5.74, 6) is -1.01. The monoisotopic (exact) mass is 841 g/mol. The molecule has 0 heterocycles. The van der Waals surface area contributed by atoms with E-state index in [-0.39, 0.29) is 25.6 Å². The molecule has 0 saturated carbocycles. The number of carbonyl (C=O) groups excluding carboxylic acids is 2. The Morgan fingerprint density at radius 2 is 1.02 bits per heavy atom. The van der Waals surface area contributed by atoms with E-state index in [0.717, 1.165) is 70.6 Å². The fourth-order valence-electron chi connectivity index (χ4n) is 5.70. The average Bonchev–Trinajstić information content (AvgIpc) is 3.20. The highest BCUT2D eigenvalue weighted by Crippen LogP contribution is 2.43. The van der Waals surface area contributed by atoms with Crippen molar-refractivity contribution in [1.29, 1.82) is 0 Å². The number of unbranched alkanes of at least 4 members (excludes halogenated alkanes) is 15. The molecule has 0 aromatic carbocycles. The molecule has 0 aliphatic rings. The summed E-state index contributed by atoms with van der Waals surface area (Å²) in [5, 5.41) is 27.6. The predicted molar refractivity (Wildman–Crippen MR) is 234 cm³/mol. The summed E-state index contributed by atoms with van der Waals surface area (Å²) in [7, 11) is -4.64. The van der Waals surface area contributed by atoms with E-state index in [1.807, 2.05) is 19.1 Å². The smallest absolute Gasteiger partial charge is 0.462 e. The molecule has 0 amide bonds. The first-order valence-corrected chi connectivity index (χ1v) is 23.8. The number of aliphatic hydroxyl groups excluding tert-OH is 3. The molecule has 4 N–H and O–H groups in total. The molecule has 0 spiro atoms. The van der Waals surface area contributed by atoms with Crippen LogP contribution in [0.2, 0.25) is 0 Å². The van der Waals surface area contributed by atoms with Gasteiger partial charge >= 0.3 is 19.8 Å². The van der Waals surface area contributed by atoms with E-state index in [1.165, 1.54) is 57.8 Å². The summed E-state index contributed by atoms with van der Waals surface area (Å²) in [4.78, 5) is 35.0. The van der Waals surface area contributed by atoms with Crippen LogP contribution in [-0.4, -0.2) is 76.9 Å². The van der Waals surface area contributed by atoms with Gasteiger partial charge in [0.15, 0.2) is 6.10 Å². The molecule has 0 rings (SSSR count). The molecular formula is C46H81O11P. The van der Waals surface area contributed by atoms with E-state index in [4.69, 9.17) is 19.1 Å². The Morgan fingerprint density at radius 1 is 0.569 bits per heavy atom. The Kier molecular flexibility index (Phi) is 39.7. The molecule has 0 fully saturated rings. The summed E-state index contributed by atoms with van der Waals surface area (Å²) in [6.07, 6.45) is 43.2. The highest BCUT2D eigenvalue weighted by Gasteiger charge is 2.27. The van der Waals surface area contributed by atoms with Crippen molar-refractivity contribution in [2.45, 2.75) is 193 Å². The Morgan fingerprint density at radius 3 is 1.57 bits per heavy atom. The SMILES string of the molecule is CCCCCCCC/C=C\CCCCCCCCCC(=O)O[C@H](COC(=O)CCC/C=C\C/C=C\C/C=C\C/C=C\CCC[C@@H](C)O)COP(=O)(O)OC[C@@H](O)CO. The number of carbonyl (C=O) groups is 2. The molecule has 58 heavy (non-hydrogen) atoms. The van der Waals surface area contributed by atoms with Crippen molar-refractivity contribution in [1.82, 2.24) is 0 Å². The van der Waals surface area contributed by atoms with E-state index in [9.17, 15) is 29.3 Å². The van der Waals surface area contributed by atoms with Gasteiger partial charge < -0.3 is 29.7 Å². The van der Waals surface area contributed by atoms with Crippen LogP contribution < -0.4 is 0 Å². The number of aliphatic hydroxyl groups is 3. The maximum atomic E-state index is 12.6. The Labute approximate surface area is 351 Å². The van der Waals surface area contributed by atoms with Crippen LogP contribution in [0.25, 0.3) is 0 Å². The fourth-order valence-corrected chi connectivity index (χ4v) is 6.49. The molecule has 1 unspecified atom stereocenters. The number of ether oxygens (including phenoxy) is 2. The van der Waals surface area contributed by atoms with Crippen LogP contribution in [0.5, 0.6) is 0 Å². The molecule has 4 atom stereocenters. The number of hydrogen-bond acceptors (Lipinski definition) is 10. The van der Waals surface area contributed by atoms with Gasteiger partial charge in [0.25, 0.3) is 0 Å². The molecule has 0 aromatic heterocycles. The van der Waals surface area contributed by atoms with Crippen LogP contribution in [0, 0.1) is 0 Å². The van der Waals surface area contributed by atoms with Crippen molar-refractivity contribution in [3.63, 3.8) is 0 Å². The summed E-state index contributed by atoms with van der Waals surface area (Å²) < 4.78 is 32.7. The summed E-state index contributed by atoms with van der Waals surface area (Å²) in [5.41, 5.74) is 0.